The molecule has 0 amide bonds. The molecule has 3 aromatic carbocycles. The van der Waals surface area contributed by atoms with Crippen LogP contribution in [0.15, 0.2) is 77.3 Å². The van der Waals surface area contributed by atoms with Gasteiger partial charge in [-0.1, -0.05) is 58.4 Å². The second kappa shape index (κ2) is 8.98. The molecular formula is C22H15BrN2O3. The SMILES string of the molecule is N#C/C(=C/c1ccccc1OCc1ccc(Br)cc1)c1cccc([N+](=O)[O-])c1. The van der Waals surface area contributed by atoms with Gasteiger partial charge in [0.15, 0.2) is 0 Å². The summed E-state index contributed by atoms with van der Waals surface area (Å²) < 4.78 is 6.92. The number of allylic oxidation sites excluding steroid dienone is 1. The van der Waals surface area contributed by atoms with E-state index in [0.717, 1.165) is 15.6 Å². The Morgan fingerprint density at radius 1 is 1.11 bits per heavy atom. The van der Waals surface area contributed by atoms with Crippen molar-refractivity contribution in [1.82, 2.24) is 0 Å². The van der Waals surface area contributed by atoms with Crippen LogP contribution in [-0.4, -0.2) is 4.92 Å². The molecule has 28 heavy (non-hydrogen) atoms. The van der Waals surface area contributed by atoms with Gasteiger partial charge in [-0.3, -0.25) is 10.1 Å². The minimum Gasteiger partial charge on any atom is -0.488 e. The van der Waals surface area contributed by atoms with Crippen molar-refractivity contribution < 1.29 is 9.66 Å². The predicted octanol–water partition coefficient (Wildman–Crippen LogP) is 6.00. The first-order valence-electron chi connectivity index (χ1n) is 8.40. The molecule has 0 aliphatic heterocycles. The van der Waals surface area contributed by atoms with E-state index in [2.05, 4.69) is 22.0 Å². The lowest BCUT2D eigenvalue weighted by Gasteiger charge is -2.10. The van der Waals surface area contributed by atoms with Crippen molar-refractivity contribution in [2.24, 2.45) is 0 Å². The maximum atomic E-state index is 11.0. The monoisotopic (exact) mass is 434 g/mol. The van der Waals surface area contributed by atoms with Gasteiger partial charge in [0.2, 0.25) is 0 Å². The molecule has 0 unspecified atom stereocenters. The quantitative estimate of drug-likeness (QED) is 0.206. The van der Waals surface area contributed by atoms with E-state index in [9.17, 15) is 15.4 Å². The minimum absolute atomic E-state index is 0.0570. The number of benzene rings is 3. The van der Waals surface area contributed by atoms with Gasteiger partial charge < -0.3 is 4.74 Å². The summed E-state index contributed by atoms with van der Waals surface area (Å²) in [6.45, 7) is 0.386. The topological polar surface area (TPSA) is 76.2 Å². The number of non-ortho nitro benzene ring substituents is 1. The summed E-state index contributed by atoms with van der Waals surface area (Å²) in [5, 5.41) is 20.6. The second-order valence-corrected chi connectivity index (χ2v) is 6.85. The number of nitriles is 1. The molecule has 6 heteroatoms. The number of hydrogen-bond donors (Lipinski definition) is 0. The summed E-state index contributed by atoms with van der Waals surface area (Å²) in [5.74, 6) is 0.628. The molecule has 3 aromatic rings. The summed E-state index contributed by atoms with van der Waals surface area (Å²) >= 11 is 3.40. The molecule has 138 valence electrons. The number of rotatable bonds is 6. The van der Waals surface area contributed by atoms with Crippen molar-refractivity contribution in [3.8, 4) is 11.8 Å². The number of hydrogen-bond acceptors (Lipinski definition) is 4. The van der Waals surface area contributed by atoms with E-state index in [1.54, 1.807) is 18.2 Å². The number of nitro groups is 1. The first-order chi connectivity index (χ1) is 13.6. The van der Waals surface area contributed by atoms with E-state index in [4.69, 9.17) is 4.74 Å². The van der Waals surface area contributed by atoms with E-state index < -0.39 is 4.92 Å². The zero-order chi connectivity index (χ0) is 19.9. The minimum atomic E-state index is -0.478. The third-order valence-electron chi connectivity index (χ3n) is 4.01. The lowest BCUT2D eigenvalue weighted by molar-refractivity contribution is -0.384. The zero-order valence-corrected chi connectivity index (χ0v) is 16.3. The van der Waals surface area contributed by atoms with Crippen LogP contribution in [0, 0.1) is 21.4 Å². The van der Waals surface area contributed by atoms with Crippen LogP contribution >= 0.6 is 15.9 Å². The summed E-state index contributed by atoms with van der Waals surface area (Å²) in [6, 6.07) is 23.3. The lowest BCUT2D eigenvalue weighted by Crippen LogP contribution is -1.97. The first-order valence-corrected chi connectivity index (χ1v) is 9.19. The Morgan fingerprint density at radius 2 is 1.86 bits per heavy atom. The average molecular weight is 435 g/mol. The maximum Gasteiger partial charge on any atom is 0.270 e. The molecule has 0 aliphatic rings. The third kappa shape index (κ3) is 4.84. The molecular weight excluding hydrogens is 420 g/mol. The number of halogens is 1. The van der Waals surface area contributed by atoms with Gasteiger partial charge in [-0.25, -0.2) is 0 Å². The van der Waals surface area contributed by atoms with E-state index in [-0.39, 0.29) is 5.69 Å². The predicted molar refractivity (Wildman–Crippen MR) is 111 cm³/mol. The molecule has 0 saturated heterocycles. The highest BCUT2D eigenvalue weighted by molar-refractivity contribution is 9.10. The van der Waals surface area contributed by atoms with Gasteiger partial charge >= 0.3 is 0 Å². The Morgan fingerprint density at radius 3 is 2.57 bits per heavy atom. The molecule has 0 fully saturated rings. The Bertz CT molecular complexity index is 1070. The molecule has 0 heterocycles. The lowest BCUT2D eigenvalue weighted by atomic mass is 10.0. The number of para-hydroxylation sites is 1. The fourth-order valence-electron chi connectivity index (χ4n) is 2.60. The van der Waals surface area contributed by atoms with E-state index >= 15 is 0 Å². The van der Waals surface area contributed by atoms with Crippen molar-refractivity contribution >= 4 is 33.3 Å². The Kier molecular flexibility index (Phi) is 6.20. The molecule has 0 bridgehead atoms. The molecule has 0 saturated carbocycles. The van der Waals surface area contributed by atoms with Gasteiger partial charge in [0.1, 0.15) is 12.4 Å². The fourth-order valence-corrected chi connectivity index (χ4v) is 2.86. The van der Waals surface area contributed by atoms with Crippen LogP contribution in [0.3, 0.4) is 0 Å². The summed E-state index contributed by atoms with van der Waals surface area (Å²) in [6.07, 6.45) is 1.68. The Balaban J connectivity index is 1.88. The van der Waals surface area contributed by atoms with Crippen molar-refractivity contribution in [2.45, 2.75) is 6.61 Å². The van der Waals surface area contributed by atoms with E-state index in [0.29, 0.717) is 23.5 Å². The second-order valence-electron chi connectivity index (χ2n) is 5.93. The highest BCUT2D eigenvalue weighted by Gasteiger charge is 2.10. The molecule has 5 nitrogen and oxygen atoms in total. The van der Waals surface area contributed by atoms with Gasteiger partial charge in [0, 0.05) is 22.2 Å². The molecule has 0 atom stereocenters. The smallest absolute Gasteiger partial charge is 0.270 e. The van der Waals surface area contributed by atoms with Crippen LogP contribution in [0.25, 0.3) is 11.6 Å². The van der Waals surface area contributed by atoms with Crippen LogP contribution in [0.5, 0.6) is 5.75 Å². The number of nitro benzene ring substituents is 1. The molecule has 0 aliphatic carbocycles. The standard InChI is InChI=1S/C22H15BrN2O3/c23-20-10-8-16(9-11-20)15-28-22-7-2-1-4-18(22)12-19(14-24)17-5-3-6-21(13-17)25(26)27/h1-13H,15H2/b19-12-. The Labute approximate surface area is 170 Å². The highest BCUT2D eigenvalue weighted by atomic mass is 79.9. The first kappa shape index (κ1) is 19.3. The highest BCUT2D eigenvalue weighted by Crippen LogP contribution is 2.27. The Hall–Kier alpha value is -3.43. The summed E-state index contributed by atoms with van der Waals surface area (Å²) in [7, 11) is 0. The summed E-state index contributed by atoms with van der Waals surface area (Å²) in [5.41, 5.74) is 2.49. The maximum absolute atomic E-state index is 11.0. The van der Waals surface area contributed by atoms with Crippen molar-refractivity contribution in [2.75, 3.05) is 0 Å². The number of ether oxygens (including phenoxy) is 1. The van der Waals surface area contributed by atoms with Crippen LogP contribution in [-0.2, 0) is 6.61 Å². The van der Waals surface area contributed by atoms with Gasteiger partial charge in [0.25, 0.3) is 5.69 Å². The molecule has 0 aromatic heterocycles. The molecule has 0 N–H and O–H groups in total. The van der Waals surface area contributed by atoms with Crippen LogP contribution in [0.1, 0.15) is 16.7 Å². The van der Waals surface area contributed by atoms with Gasteiger partial charge in [-0.05, 0) is 35.4 Å². The van der Waals surface area contributed by atoms with Crippen molar-refractivity contribution in [1.29, 1.82) is 5.26 Å². The third-order valence-corrected chi connectivity index (χ3v) is 4.54. The van der Waals surface area contributed by atoms with Crippen LogP contribution < -0.4 is 4.74 Å². The molecule has 0 radical (unpaired) electrons. The fraction of sp³-hybridized carbons (Fsp3) is 0.0455. The van der Waals surface area contributed by atoms with Crippen LogP contribution in [0.4, 0.5) is 5.69 Å². The van der Waals surface area contributed by atoms with Crippen molar-refractivity contribution in [3.05, 3.63) is 104 Å². The van der Waals surface area contributed by atoms with Crippen LogP contribution in [0.2, 0.25) is 0 Å². The number of nitrogens with zero attached hydrogens (tertiary/aromatic N) is 2. The van der Waals surface area contributed by atoms with E-state index in [1.807, 2.05) is 48.5 Å². The average Bonchev–Trinajstić information content (AvgIpc) is 2.72. The van der Waals surface area contributed by atoms with E-state index in [1.165, 1.54) is 12.1 Å². The zero-order valence-electron chi connectivity index (χ0n) is 14.7. The summed E-state index contributed by atoms with van der Waals surface area (Å²) in [4.78, 5) is 10.5. The molecule has 0 spiro atoms. The van der Waals surface area contributed by atoms with Gasteiger partial charge in [-0.2, -0.15) is 5.26 Å². The van der Waals surface area contributed by atoms with Gasteiger partial charge in [0.05, 0.1) is 16.6 Å². The van der Waals surface area contributed by atoms with Gasteiger partial charge in [-0.15, -0.1) is 0 Å². The normalized spacial score (nSPS) is 10.9. The molecule has 3 rings (SSSR count). The largest absolute Gasteiger partial charge is 0.488 e. The van der Waals surface area contributed by atoms with Crippen molar-refractivity contribution in [3.63, 3.8) is 0 Å².